The van der Waals surface area contributed by atoms with E-state index in [1.807, 2.05) is 6.92 Å². The van der Waals surface area contributed by atoms with E-state index >= 15 is 0 Å². The van der Waals surface area contributed by atoms with E-state index in [2.05, 4.69) is 15.9 Å². The Morgan fingerprint density at radius 3 is 2.32 bits per heavy atom. The van der Waals surface area contributed by atoms with Gasteiger partial charge in [-0.3, -0.25) is 15.0 Å². The fourth-order valence-electron chi connectivity index (χ4n) is 2.23. The second-order valence-corrected chi connectivity index (χ2v) is 4.60. The van der Waals surface area contributed by atoms with Crippen LogP contribution in [0, 0.1) is 21.4 Å². The van der Waals surface area contributed by atoms with E-state index in [0.29, 0.717) is 0 Å². The summed E-state index contributed by atoms with van der Waals surface area (Å²) < 4.78 is 0. The fraction of sp³-hybridized carbons (Fsp3) is 0.462. The molecule has 0 aromatic heterocycles. The molecule has 0 saturated carbocycles. The normalized spacial score (nSPS) is 17.8. The van der Waals surface area contributed by atoms with Gasteiger partial charge in [-0.1, -0.05) is 0 Å². The quantitative estimate of drug-likeness (QED) is 0.610. The summed E-state index contributed by atoms with van der Waals surface area (Å²) in [6.07, 6.45) is 0. The predicted molar refractivity (Wildman–Crippen MR) is 72.0 cm³/mol. The van der Waals surface area contributed by atoms with Crippen LogP contribution < -0.4 is 4.90 Å². The molecule has 0 bridgehead atoms. The second-order valence-electron chi connectivity index (χ2n) is 4.60. The van der Waals surface area contributed by atoms with Crippen LogP contribution in [-0.4, -0.2) is 42.0 Å². The van der Waals surface area contributed by atoms with Gasteiger partial charge in [0, 0.05) is 44.0 Å². The monoisotopic (exact) mass is 260 g/mol. The number of hydrogen-bond acceptors (Lipinski definition) is 5. The van der Waals surface area contributed by atoms with Gasteiger partial charge in [0.05, 0.1) is 17.0 Å². The molecule has 0 unspecified atom stereocenters. The van der Waals surface area contributed by atoms with Crippen LogP contribution in [0.4, 0.5) is 11.4 Å². The van der Waals surface area contributed by atoms with Crippen molar-refractivity contribution in [2.75, 3.05) is 31.1 Å². The Kier molecular flexibility index (Phi) is 3.97. The standard InChI is InChI=1S/C13H16N4O2/c1-11(10-14)15-6-8-16(9-7-15)12-2-4-13(5-3-12)17(18)19/h2-5,11H,6-9H2,1H3/t11-/m0/s1. The first-order chi connectivity index (χ1) is 9.11. The van der Waals surface area contributed by atoms with Gasteiger partial charge in [-0.25, -0.2) is 0 Å². The molecule has 1 aliphatic heterocycles. The molecule has 0 spiro atoms. The number of anilines is 1. The molecule has 1 saturated heterocycles. The van der Waals surface area contributed by atoms with Gasteiger partial charge in [-0.05, 0) is 19.1 Å². The van der Waals surface area contributed by atoms with Crippen molar-refractivity contribution in [1.82, 2.24) is 4.90 Å². The minimum atomic E-state index is -0.393. The highest BCUT2D eigenvalue weighted by molar-refractivity contribution is 5.51. The first kappa shape index (κ1) is 13.3. The molecule has 2 rings (SSSR count). The Balaban J connectivity index is 1.98. The summed E-state index contributed by atoms with van der Waals surface area (Å²) in [5.74, 6) is 0. The maximum absolute atomic E-state index is 10.6. The molecule has 0 radical (unpaired) electrons. The molecule has 6 nitrogen and oxygen atoms in total. The maximum Gasteiger partial charge on any atom is 0.269 e. The van der Waals surface area contributed by atoms with E-state index in [4.69, 9.17) is 5.26 Å². The van der Waals surface area contributed by atoms with Crippen molar-refractivity contribution in [2.45, 2.75) is 13.0 Å². The Hall–Kier alpha value is -2.13. The molecule has 1 aromatic rings. The minimum absolute atomic E-state index is 0.0565. The van der Waals surface area contributed by atoms with Gasteiger partial charge >= 0.3 is 0 Å². The van der Waals surface area contributed by atoms with Gasteiger partial charge < -0.3 is 4.90 Å². The Morgan fingerprint density at radius 2 is 1.84 bits per heavy atom. The lowest BCUT2D eigenvalue weighted by Gasteiger charge is -2.37. The zero-order valence-corrected chi connectivity index (χ0v) is 10.8. The van der Waals surface area contributed by atoms with Crippen LogP contribution in [-0.2, 0) is 0 Å². The smallest absolute Gasteiger partial charge is 0.269 e. The number of non-ortho nitro benzene ring substituents is 1. The van der Waals surface area contributed by atoms with E-state index < -0.39 is 4.92 Å². The molecular formula is C13H16N4O2. The zero-order chi connectivity index (χ0) is 13.8. The maximum atomic E-state index is 10.6. The number of rotatable bonds is 3. The van der Waals surface area contributed by atoms with Crippen molar-refractivity contribution in [1.29, 1.82) is 5.26 Å². The Morgan fingerprint density at radius 1 is 1.26 bits per heavy atom. The van der Waals surface area contributed by atoms with Crippen LogP contribution in [0.2, 0.25) is 0 Å². The van der Waals surface area contributed by atoms with Gasteiger partial charge in [0.2, 0.25) is 0 Å². The summed E-state index contributed by atoms with van der Waals surface area (Å²) in [7, 11) is 0. The van der Waals surface area contributed by atoms with Crippen molar-refractivity contribution in [3.05, 3.63) is 34.4 Å². The first-order valence-electron chi connectivity index (χ1n) is 6.25. The number of nitrogens with zero attached hydrogens (tertiary/aromatic N) is 4. The van der Waals surface area contributed by atoms with Crippen LogP contribution in [0.25, 0.3) is 0 Å². The Bertz CT molecular complexity index is 486. The Labute approximate surface area is 112 Å². The van der Waals surface area contributed by atoms with Crippen molar-refractivity contribution in [2.24, 2.45) is 0 Å². The zero-order valence-electron chi connectivity index (χ0n) is 10.8. The number of nitro benzene ring substituents is 1. The highest BCUT2D eigenvalue weighted by atomic mass is 16.6. The van der Waals surface area contributed by atoms with E-state index in [-0.39, 0.29) is 11.7 Å². The molecule has 100 valence electrons. The number of nitriles is 1. The number of benzene rings is 1. The molecule has 6 heteroatoms. The number of piperazine rings is 1. The van der Waals surface area contributed by atoms with Crippen molar-refractivity contribution >= 4 is 11.4 Å². The van der Waals surface area contributed by atoms with Gasteiger partial charge in [-0.15, -0.1) is 0 Å². The minimum Gasteiger partial charge on any atom is -0.369 e. The van der Waals surface area contributed by atoms with Crippen LogP contribution in [0.15, 0.2) is 24.3 Å². The van der Waals surface area contributed by atoms with Crippen LogP contribution in [0.1, 0.15) is 6.92 Å². The third-order valence-electron chi connectivity index (χ3n) is 3.47. The molecule has 0 aliphatic carbocycles. The third-order valence-corrected chi connectivity index (χ3v) is 3.47. The van der Waals surface area contributed by atoms with Crippen LogP contribution in [0.5, 0.6) is 0 Å². The highest BCUT2D eigenvalue weighted by Gasteiger charge is 2.21. The van der Waals surface area contributed by atoms with Crippen molar-refractivity contribution in [3.8, 4) is 6.07 Å². The van der Waals surface area contributed by atoms with Crippen molar-refractivity contribution < 1.29 is 4.92 Å². The lowest BCUT2D eigenvalue weighted by molar-refractivity contribution is -0.384. The van der Waals surface area contributed by atoms with Crippen LogP contribution >= 0.6 is 0 Å². The molecule has 0 N–H and O–H groups in total. The summed E-state index contributed by atoms with van der Waals surface area (Å²) >= 11 is 0. The molecule has 1 aromatic carbocycles. The fourth-order valence-corrected chi connectivity index (χ4v) is 2.23. The van der Waals surface area contributed by atoms with E-state index in [1.54, 1.807) is 12.1 Å². The SMILES string of the molecule is C[C@@H](C#N)N1CCN(c2ccc([N+](=O)[O-])cc2)CC1. The summed E-state index contributed by atoms with van der Waals surface area (Å²) in [5, 5.41) is 19.5. The first-order valence-corrected chi connectivity index (χ1v) is 6.25. The molecule has 1 fully saturated rings. The number of nitro groups is 1. The molecule has 0 amide bonds. The lowest BCUT2D eigenvalue weighted by Crippen LogP contribution is -2.49. The summed E-state index contributed by atoms with van der Waals surface area (Å²) in [6, 6.07) is 8.80. The number of hydrogen-bond donors (Lipinski definition) is 0. The summed E-state index contributed by atoms with van der Waals surface area (Å²) in [4.78, 5) is 14.5. The molecule has 1 atom stereocenters. The van der Waals surface area contributed by atoms with Crippen molar-refractivity contribution in [3.63, 3.8) is 0 Å². The van der Waals surface area contributed by atoms with E-state index in [0.717, 1.165) is 31.9 Å². The van der Waals surface area contributed by atoms with Gasteiger partial charge in [0.25, 0.3) is 5.69 Å². The van der Waals surface area contributed by atoms with Gasteiger partial charge in [0.15, 0.2) is 0 Å². The van der Waals surface area contributed by atoms with Gasteiger partial charge in [-0.2, -0.15) is 5.26 Å². The average molecular weight is 260 g/mol. The molecule has 1 aliphatic rings. The highest BCUT2D eigenvalue weighted by Crippen LogP contribution is 2.20. The predicted octanol–water partition coefficient (Wildman–Crippen LogP) is 1.63. The van der Waals surface area contributed by atoms with Crippen LogP contribution in [0.3, 0.4) is 0 Å². The lowest BCUT2D eigenvalue weighted by atomic mass is 10.2. The third kappa shape index (κ3) is 3.01. The van der Waals surface area contributed by atoms with E-state index in [1.165, 1.54) is 12.1 Å². The molecule has 1 heterocycles. The average Bonchev–Trinajstić information content (AvgIpc) is 2.46. The summed E-state index contributed by atoms with van der Waals surface area (Å²) in [5.41, 5.74) is 1.11. The topological polar surface area (TPSA) is 73.4 Å². The largest absolute Gasteiger partial charge is 0.369 e. The molecule has 19 heavy (non-hydrogen) atoms. The summed E-state index contributed by atoms with van der Waals surface area (Å²) in [6.45, 7) is 5.26. The molecular weight excluding hydrogens is 244 g/mol. The van der Waals surface area contributed by atoms with Gasteiger partial charge in [0.1, 0.15) is 0 Å². The second kappa shape index (κ2) is 5.67. The van der Waals surface area contributed by atoms with E-state index in [9.17, 15) is 10.1 Å².